The van der Waals surface area contributed by atoms with Crippen LogP contribution >= 0.6 is 0 Å². The summed E-state index contributed by atoms with van der Waals surface area (Å²) < 4.78 is 4.51. The number of ether oxygens (including phenoxy) is 1. The third-order valence-corrected chi connectivity index (χ3v) is 2.96. The van der Waals surface area contributed by atoms with Crippen LogP contribution in [-0.2, 0) is 14.9 Å². The van der Waals surface area contributed by atoms with Crippen LogP contribution in [0.3, 0.4) is 0 Å². The number of phenols is 1. The van der Waals surface area contributed by atoms with Gasteiger partial charge >= 0.3 is 5.97 Å². The van der Waals surface area contributed by atoms with E-state index in [2.05, 4.69) is 4.74 Å². The first kappa shape index (κ1) is 13.5. The number of phenolic OH excluding ortho intramolecular Hbond substituents is 1. The van der Waals surface area contributed by atoms with Crippen molar-refractivity contribution in [3.8, 4) is 5.75 Å². The Morgan fingerprint density at radius 2 is 2.00 bits per heavy atom. The van der Waals surface area contributed by atoms with Crippen LogP contribution in [0.15, 0.2) is 18.2 Å². The van der Waals surface area contributed by atoms with Gasteiger partial charge in [0.15, 0.2) is 6.10 Å². The van der Waals surface area contributed by atoms with Crippen LogP contribution in [0.2, 0.25) is 0 Å². The van der Waals surface area contributed by atoms with Crippen LogP contribution in [0.25, 0.3) is 0 Å². The van der Waals surface area contributed by atoms with Crippen molar-refractivity contribution in [2.75, 3.05) is 7.11 Å². The number of aliphatic hydroxyl groups excluding tert-OH is 1. The molecule has 0 saturated carbocycles. The number of aliphatic hydroxyl groups is 1. The molecule has 0 aromatic heterocycles. The van der Waals surface area contributed by atoms with E-state index in [4.69, 9.17) is 0 Å². The number of rotatable bonds is 3. The predicted molar refractivity (Wildman–Crippen MR) is 63.9 cm³/mol. The van der Waals surface area contributed by atoms with Crippen LogP contribution in [-0.4, -0.2) is 29.4 Å². The molecule has 94 valence electrons. The zero-order chi connectivity index (χ0) is 13.2. The van der Waals surface area contributed by atoms with Crippen molar-refractivity contribution in [2.24, 2.45) is 0 Å². The summed E-state index contributed by atoms with van der Waals surface area (Å²) in [6.45, 7) is 5.21. The first-order valence-corrected chi connectivity index (χ1v) is 5.36. The van der Waals surface area contributed by atoms with Gasteiger partial charge in [0, 0.05) is 11.0 Å². The van der Waals surface area contributed by atoms with Gasteiger partial charge in [0.1, 0.15) is 5.75 Å². The first-order valence-electron chi connectivity index (χ1n) is 5.36. The SMILES string of the molecule is COC(=O)C(O)C(C)(C)c1ccc(C)cc1O. The van der Waals surface area contributed by atoms with Crippen LogP contribution < -0.4 is 0 Å². The minimum Gasteiger partial charge on any atom is -0.508 e. The molecule has 2 N–H and O–H groups in total. The smallest absolute Gasteiger partial charge is 0.335 e. The molecule has 0 bridgehead atoms. The minimum atomic E-state index is -1.32. The molecular formula is C13H18O4. The second-order valence-corrected chi connectivity index (χ2v) is 4.67. The zero-order valence-electron chi connectivity index (χ0n) is 10.5. The fraction of sp³-hybridized carbons (Fsp3) is 0.462. The van der Waals surface area contributed by atoms with Gasteiger partial charge in [-0.3, -0.25) is 0 Å². The van der Waals surface area contributed by atoms with Crippen molar-refractivity contribution in [3.63, 3.8) is 0 Å². The molecule has 4 nitrogen and oxygen atoms in total. The Morgan fingerprint density at radius 3 is 2.47 bits per heavy atom. The number of methoxy groups -OCH3 is 1. The average molecular weight is 238 g/mol. The lowest BCUT2D eigenvalue weighted by Crippen LogP contribution is -2.40. The quantitative estimate of drug-likeness (QED) is 0.783. The number of aromatic hydroxyl groups is 1. The summed E-state index contributed by atoms with van der Waals surface area (Å²) in [6.07, 6.45) is -1.32. The van der Waals surface area contributed by atoms with E-state index in [1.54, 1.807) is 26.0 Å². The molecule has 0 radical (unpaired) electrons. The van der Waals surface area contributed by atoms with Crippen LogP contribution in [0.5, 0.6) is 5.75 Å². The Hall–Kier alpha value is -1.55. The molecule has 0 amide bonds. The lowest BCUT2D eigenvalue weighted by Gasteiger charge is -2.29. The van der Waals surface area contributed by atoms with Gasteiger partial charge in [0.05, 0.1) is 7.11 Å². The second-order valence-electron chi connectivity index (χ2n) is 4.67. The number of hydrogen-bond donors (Lipinski definition) is 2. The first-order chi connectivity index (χ1) is 7.80. The van der Waals surface area contributed by atoms with E-state index in [-0.39, 0.29) is 5.75 Å². The summed E-state index contributed by atoms with van der Waals surface area (Å²) in [5.74, 6) is -0.645. The summed E-state index contributed by atoms with van der Waals surface area (Å²) in [4.78, 5) is 11.4. The Balaban J connectivity index is 3.16. The Morgan fingerprint density at radius 1 is 1.41 bits per heavy atom. The van der Waals surface area contributed by atoms with Crippen molar-refractivity contribution in [1.82, 2.24) is 0 Å². The fourth-order valence-electron chi connectivity index (χ4n) is 1.74. The molecule has 0 fully saturated rings. The van der Waals surface area contributed by atoms with E-state index in [1.165, 1.54) is 7.11 Å². The number of carbonyl (C=O) groups is 1. The summed E-state index contributed by atoms with van der Waals surface area (Å²) in [6, 6.07) is 5.12. The summed E-state index contributed by atoms with van der Waals surface area (Å²) in [5.41, 5.74) is 0.515. The molecule has 0 aliphatic rings. The molecule has 1 aromatic carbocycles. The summed E-state index contributed by atoms with van der Waals surface area (Å²) >= 11 is 0. The van der Waals surface area contributed by atoms with E-state index in [0.29, 0.717) is 5.56 Å². The van der Waals surface area contributed by atoms with E-state index in [9.17, 15) is 15.0 Å². The monoisotopic (exact) mass is 238 g/mol. The molecule has 1 aromatic rings. The van der Waals surface area contributed by atoms with Gasteiger partial charge in [-0.25, -0.2) is 4.79 Å². The third kappa shape index (κ3) is 2.58. The molecule has 0 aliphatic carbocycles. The highest BCUT2D eigenvalue weighted by atomic mass is 16.5. The largest absolute Gasteiger partial charge is 0.508 e. The third-order valence-electron chi connectivity index (χ3n) is 2.96. The van der Waals surface area contributed by atoms with Crippen molar-refractivity contribution >= 4 is 5.97 Å². The maximum Gasteiger partial charge on any atom is 0.335 e. The number of hydrogen-bond acceptors (Lipinski definition) is 4. The van der Waals surface area contributed by atoms with Gasteiger partial charge in [-0.2, -0.15) is 0 Å². The van der Waals surface area contributed by atoms with E-state index in [0.717, 1.165) is 5.56 Å². The summed E-state index contributed by atoms with van der Waals surface area (Å²) in [5, 5.41) is 19.8. The average Bonchev–Trinajstić information content (AvgIpc) is 2.26. The molecule has 1 unspecified atom stereocenters. The van der Waals surface area contributed by atoms with E-state index >= 15 is 0 Å². The van der Waals surface area contributed by atoms with Gasteiger partial charge in [0.2, 0.25) is 0 Å². The van der Waals surface area contributed by atoms with Crippen molar-refractivity contribution < 1.29 is 19.7 Å². The lowest BCUT2D eigenvalue weighted by atomic mass is 9.78. The maximum atomic E-state index is 11.4. The fourth-order valence-corrected chi connectivity index (χ4v) is 1.74. The van der Waals surface area contributed by atoms with Gasteiger partial charge in [0.25, 0.3) is 0 Å². The standard InChI is InChI=1S/C13H18O4/c1-8-5-6-9(10(14)7-8)13(2,3)11(15)12(16)17-4/h5-7,11,14-15H,1-4H3. The molecule has 0 heterocycles. The molecular weight excluding hydrogens is 220 g/mol. The van der Waals surface area contributed by atoms with Crippen molar-refractivity contribution in [3.05, 3.63) is 29.3 Å². The molecule has 4 heteroatoms. The predicted octanol–water partition coefficient (Wildman–Crippen LogP) is 1.51. The maximum absolute atomic E-state index is 11.4. The minimum absolute atomic E-state index is 0.0675. The lowest BCUT2D eigenvalue weighted by molar-refractivity contribution is -0.153. The molecule has 1 rings (SSSR count). The molecule has 0 saturated heterocycles. The topological polar surface area (TPSA) is 66.8 Å². The molecule has 1 atom stereocenters. The molecule has 0 aliphatic heterocycles. The van der Waals surface area contributed by atoms with E-state index < -0.39 is 17.5 Å². The Bertz CT molecular complexity index is 423. The van der Waals surface area contributed by atoms with Crippen LogP contribution in [0.4, 0.5) is 0 Å². The van der Waals surface area contributed by atoms with Gasteiger partial charge < -0.3 is 14.9 Å². The number of esters is 1. The van der Waals surface area contributed by atoms with Gasteiger partial charge in [-0.15, -0.1) is 0 Å². The Labute approximate surface area is 101 Å². The van der Waals surface area contributed by atoms with Crippen LogP contribution in [0, 0.1) is 6.92 Å². The van der Waals surface area contributed by atoms with Crippen molar-refractivity contribution in [2.45, 2.75) is 32.3 Å². The van der Waals surface area contributed by atoms with Gasteiger partial charge in [-0.1, -0.05) is 26.0 Å². The Kier molecular flexibility index (Phi) is 3.78. The highest BCUT2D eigenvalue weighted by Gasteiger charge is 2.37. The molecule has 17 heavy (non-hydrogen) atoms. The number of carbonyl (C=O) groups excluding carboxylic acids is 1. The summed E-state index contributed by atoms with van der Waals surface area (Å²) in [7, 11) is 1.22. The number of aryl methyl sites for hydroxylation is 1. The van der Waals surface area contributed by atoms with Gasteiger partial charge in [-0.05, 0) is 18.6 Å². The van der Waals surface area contributed by atoms with Crippen molar-refractivity contribution in [1.29, 1.82) is 0 Å². The van der Waals surface area contributed by atoms with E-state index in [1.807, 2.05) is 13.0 Å². The zero-order valence-corrected chi connectivity index (χ0v) is 10.5. The number of benzene rings is 1. The highest BCUT2D eigenvalue weighted by Crippen LogP contribution is 2.34. The normalized spacial score (nSPS) is 13.2. The highest BCUT2D eigenvalue weighted by molar-refractivity contribution is 5.76. The molecule has 0 spiro atoms. The second kappa shape index (κ2) is 4.75. The van der Waals surface area contributed by atoms with Crippen LogP contribution in [0.1, 0.15) is 25.0 Å².